The molecule has 0 bridgehead atoms. The van der Waals surface area contributed by atoms with Gasteiger partial charge in [0.2, 0.25) is 0 Å². The van der Waals surface area contributed by atoms with E-state index in [1.165, 1.54) is 12.1 Å². The van der Waals surface area contributed by atoms with Crippen LogP contribution < -0.4 is 21.1 Å². The monoisotopic (exact) mass is 614 g/mol. The predicted octanol–water partition coefficient (Wildman–Crippen LogP) is 4.94. The second-order valence-electron chi connectivity index (χ2n) is 10.6. The fourth-order valence-corrected chi connectivity index (χ4v) is 6.35. The number of amides is 2. The molecular weight excluding hydrogens is 580 g/mol. The summed E-state index contributed by atoms with van der Waals surface area (Å²) < 4.78 is 6.11. The average molecular weight is 615 g/mol. The molecule has 0 atom stereocenters. The number of carboxylic acid groups (broad SMARTS) is 1. The third kappa shape index (κ3) is 6.35. The number of hydrogen-bond acceptors (Lipinski definition) is 8. The van der Waals surface area contributed by atoms with Crippen LogP contribution in [0.15, 0.2) is 47.8 Å². The second-order valence-corrected chi connectivity index (χ2v) is 11.5. The summed E-state index contributed by atoms with van der Waals surface area (Å²) in [7, 11) is 0. The van der Waals surface area contributed by atoms with Crippen molar-refractivity contribution in [3.05, 3.63) is 87.0 Å². The summed E-state index contributed by atoms with van der Waals surface area (Å²) in [6.45, 7) is 4.91. The number of aryl methyl sites for hydroxylation is 2. The van der Waals surface area contributed by atoms with Crippen LogP contribution in [0.25, 0.3) is 21.6 Å². The van der Waals surface area contributed by atoms with E-state index >= 15 is 0 Å². The SMILES string of the molecule is Cc1cc(CN)cc(C)c1NC(=O)c1cc2c(cc1-c1ccc(C(=O)NCCCCO)nc1C(=O)O)OCCc1ccsc1-2. The smallest absolute Gasteiger partial charge is 0.355 e. The van der Waals surface area contributed by atoms with Gasteiger partial charge in [0.1, 0.15) is 11.4 Å². The molecule has 11 heteroatoms. The lowest BCUT2D eigenvalue weighted by atomic mass is 9.93. The van der Waals surface area contributed by atoms with Gasteiger partial charge in [-0.2, -0.15) is 0 Å². The lowest BCUT2D eigenvalue weighted by Crippen LogP contribution is -2.26. The zero-order valence-electron chi connectivity index (χ0n) is 24.5. The normalized spacial score (nSPS) is 12.0. The number of carboxylic acids is 1. The van der Waals surface area contributed by atoms with E-state index in [9.17, 15) is 19.5 Å². The van der Waals surface area contributed by atoms with Crippen LogP contribution in [0.1, 0.15) is 66.4 Å². The minimum absolute atomic E-state index is 0.0122. The Balaban J connectivity index is 1.63. The molecule has 0 saturated heterocycles. The largest absolute Gasteiger partial charge is 0.493 e. The Morgan fingerprint density at radius 2 is 1.77 bits per heavy atom. The van der Waals surface area contributed by atoms with Crippen molar-refractivity contribution in [3.8, 4) is 27.3 Å². The van der Waals surface area contributed by atoms with E-state index in [-0.39, 0.29) is 29.1 Å². The Labute approximate surface area is 258 Å². The number of pyridine rings is 1. The first-order valence-corrected chi connectivity index (χ1v) is 15.2. The molecule has 0 radical (unpaired) electrons. The number of unbranched alkanes of at least 4 members (excludes halogenated alkanes) is 1. The van der Waals surface area contributed by atoms with Crippen LogP contribution in [-0.4, -0.2) is 52.7 Å². The third-order valence-electron chi connectivity index (χ3n) is 7.54. The number of nitrogens with zero attached hydrogens (tertiary/aromatic N) is 1. The number of anilines is 1. The zero-order chi connectivity index (χ0) is 31.4. The number of aromatic nitrogens is 1. The van der Waals surface area contributed by atoms with Crippen molar-refractivity contribution in [2.45, 2.75) is 39.7 Å². The predicted molar refractivity (Wildman–Crippen MR) is 170 cm³/mol. The number of nitrogens with two attached hydrogens (primary N) is 1. The molecule has 2 aromatic carbocycles. The Hall–Kier alpha value is -4.58. The van der Waals surface area contributed by atoms with E-state index < -0.39 is 17.8 Å². The number of carbonyl (C=O) groups excluding carboxylic acids is 2. The van der Waals surface area contributed by atoms with E-state index in [0.717, 1.165) is 32.7 Å². The Kier molecular flexibility index (Phi) is 9.38. The van der Waals surface area contributed by atoms with Gasteiger partial charge in [-0.05, 0) is 84.7 Å². The van der Waals surface area contributed by atoms with Crippen molar-refractivity contribution in [3.63, 3.8) is 0 Å². The lowest BCUT2D eigenvalue weighted by molar-refractivity contribution is 0.0691. The van der Waals surface area contributed by atoms with Gasteiger partial charge in [-0.15, -0.1) is 11.3 Å². The minimum atomic E-state index is -1.35. The number of ether oxygens (including phenoxy) is 1. The first kappa shape index (κ1) is 30.9. The molecule has 228 valence electrons. The topological polar surface area (TPSA) is 164 Å². The van der Waals surface area contributed by atoms with Crippen LogP contribution in [0.2, 0.25) is 0 Å². The van der Waals surface area contributed by atoms with Gasteiger partial charge in [-0.1, -0.05) is 12.1 Å². The summed E-state index contributed by atoms with van der Waals surface area (Å²) in [5.74, 6) is -1.78. The molecule has 1 aliphatic rings. The zero-order valence-corrected chi connectivity index (χ0v) is 25.3. The fourth-order valence-electron chi connectivity index (χ4n) is 5.37. The maximum Gasteiger partial charge on any atom is 0.355 e. The summed E-state index contributed by atoms with van der Waals surface area (Å²) in [5, 5.41) is 26.9. The van der Waals surface area contributed by atoms with Crippen molar-refractivity contribution in [2.24, 2.45) is 5.73 Å². The molecule has 2 amide bonds. The molecule has 0 aliphatic carbocycles. The second kappa shape index (κ2) is 13.4. The van der Waals surface area contributed by atoms with Gasteiger partial charge in [0.15, 0.2) is 5.69 Å². The standard InChI is InChI=1S/C33H34N4O6S/c1-18-13-20(17-34)14-19(2)28(18)37-31(39)24-15-25-27(43-11-7-21-8-12-44-30(21)25)16-23(24)22-5-6-26(36-29(22)33(41)42)32(40)35-9-3-4-10-38/h5-6,8,12-16,38H,3-4,7,9-11,17,34H2,1-2H3,(H,35,40)(H,37,39)(H,41,42). The van der Waals surface area contributed by atoms with Crippen LogP contribution >= 0.6 is 11.3 Å². The molecule has 6 N–H and O–H groups in total. The highest BCUT2D eigenvalue weighted by atomic mass is 32.1. The van der Waals surface area contributed by atoms with Crippen molar-refractivity contribution in [1.29, 1.82) is 0 Å². The maximum absolute atomic E-state index is 14.1. The third-order valence-corrected chi connectivity index (χ3v) is 8.53. The number of carbonyl (C=O) groups is 3. The fraction of sp³-hybridized carbons (Fsp3) is 0.273. The van der Waals surface area contributed by atoms with E-state index in [4.69, 9.17) is 15.6 Å². The van der Waals surface area contributed by atoms with Crippen LogP contribution in [0.3, 0.4) is 0 Å². The van der Waals surface area contributed by atoms with Crippen LogP contribution in [-0.2, 0) is 13.0 Å². The van der Waals surface area contributed by atoms with Crippen LogP contribution in [0, 0.1) is 13.8 Å². The first-order valence-electron chi connectivity index (χ1n) is 14.3. The molecule has 0 fully saturated rings. The molecule has 4 aromatic rings. The number of benzene rings is 2. The number of hydrogen-bond donors (Lipinski definition) is 5. The van der Waals surface area contributed by atoms with Gasteiger partial charge in [0, 0.05) is 58.9 Å². The molecule has 0 saturated carbocycles. The van der Waals surface area contributed by atoms with Gasteiger partial charge in [0.05, 0.1) is 6.61 Å². The summed E-state index contributed by atoms with van der Waals surface area (Å²) in [6.07, 6.45) is 1.79. The van der Waals surface area contributed by atoms with Gasteiger partial charge in [0.25, 0.3) is 11.8 Å². The van der Waals surface area contributed by atoms with E-state index in [1.807, 2.05) is 37.4 Å². The molecule has 5 rings (SSSR count). The van der Waals surface area contributed by atoms with E-state index in [1.54, 1.807) is 23.5 Å². The van der Waals surface area contributed by atoms with Crippen LogP contribution in [0.5, 0.6) is 5.75 Å². The molecule has 1 aliphatic heterocycles. The van der Waals surface area contributed by atoms with Crippen LogP contribution in [0.4, 0.5) is 5.69 Å². The quantitative estimate of drug-likeness (QED) is 0.157. The number of aliphatic hydroxyl groups is 1. The van der Waals surface area contributed by atoms with Crippen molar-refractivity contribution >= 4 is 34.8 Å². The molecule has 0 unspecified atom stereocenters. The molecular formula is C33H34N4O6S. The van der Waals surface area contributed by atoms with E-state index in [2.05, 4.69) is 15.6 Å². The number of rotatable bonds is 10. The Morgan fingerprint density at radius 1 is 1.00 bits per heavy atom. The average Bonchev–Trinajstić information content (AvgIpc) is 3.41. The number of nitrogens with one attached hydrogen (secondary N) is 2. The first-order chi connectivity index (χ1) is 21.2. The maximum atomic E-state index is 14.1. The van der Waals surface area contributed by atoms with Crippen molar-refractivity contribution in [2.75, 3.05) is 25.1 Å². The van der Waals surface area contributed by atoms with Gasteiger partial charge >= 0.3 is 5.97 Å². The molecule has 3 heterocycles. The minimum Gasteiger partial charge on any atom is -0.493 e. The molecule has 10 nitrogen and oxygen atoms in total. The highest BCUT2D eigenvalue weighted by molar-refractivity contribution is 7.13. The van der Waals surface area contributed by atoms with E-state index in [0.29, 0.717) is 56.0 Å². The molecule has 44 heavy (non-hydrogen) atoms. The Bertz CT molecular complexity index is 1730. The van der Waals surface area contributed by atoms with Crippen molar-refractivity contribution < 1.29 is 29.3 Å². The van der Waals surface area contributed by atoms with Gasteiger partial charge in [-0.3, -0.25) is 9.59 Å². The van der Waals surface area contributed by atoms with Crippen molar-refractivity contribution in [1.82, 2.24) is 10.3 Å². The number of aliphatic hydroxyl groups excluding tert-OH is 1. The summed E-state index contributed by atoms with van der Waals surface area (Å²) in [5.41, 5.74) is 11.3. The highest BCUT2D eigenvalue weighted by Gasteiger charge is 2.27. The number of fused-ring (bicyclic) bond motifs is 3. The van der Waals surface area contributed by atoms with Gasteiger partial charge in [-0.25, -0.2) is 9.78 Å². The lowest BCUT2D eigenvalue weighted by Gasteiger charge is -2.18. The molecule has 2 aromatic heterocycles. The van der Waals surface area contributed by atoms with Gasteiger partial charge < -0.3 is 31.3 Å². The summed E-state index contributed by atoms with van der Waals surface area (Å²) >= 11 is 1.55. The summed E-state index contributed by atoms with van der Waals surface area (Å²) in [6, 6.07) is 12.3. The highest BCUT2D eigenvalue weighted by Crippen LogP contribution is 2.43. The number of aromatic carboxylic acids is 1. The molecule has 0 spiro atoms. The number of thiophene rings is 1. The summed E-state index contributed by atoms with van der Waals surface area (Å²) in [4.78, 5) is 44.5. The Morgan fingerprint density at radius 3 is 2.48 bits per heavy atom.